The predicted molar refractivity (Wildman–Crippen MR) is 56.7 cm³/mol. The molecule has 1 aromatic carbocycles. The molecular formula is C11H14OS. The van der Waals surface area contributed by atoms with Gasteiger partial charge in [-0.1, -0.05) is 12.1 Å². The summed E-state index contributed by atoms with van der Waals surface area (Å²) in [5, 5.41) is 0. The first-order valence-electron chi connectivity index (χ1n) is 4.70. The van der Waals surface area contributed by atoms with Gasteiger partial charge in [-0.2, -0.15) is 0 Å². The van der Waals surface area contributed by atoms with Gasteiger partial charge in [-0.3, -0.25) is 0 Å². The van der Waals surface area contributed by atoms with Crippen molar-refractivity contribution in [2.75, 3.05) is 12.9 Å². The molecule has 70 valence electrons. The number of fused-ring (bicyclic) bond motifs is 2. The van der Waals surface area contributed by atoms with Crippen LogP contribution in [-0.4, -0.2) is 12.9 Å². The molecule has 1 aliphatic heterocycles. The van der Waals surface area contributed by atoms with Crippen LogP contribution >= 0.6 is 11.8 Å². The summed E-state index contributed by atoms with van der Waals surface area (Å²) in [6.07, 6.45) is 3.76. The van der Waals surface area contributed by atoms with Gasteiger partial charge in [0.05, 0.1) is 7.11 Å². The molecule has 0 saturated carbocycles. The summed E-state index contributed by atoms with van der Waals surface area (Å²) in [6, 6.07) is 6.46. The first kappa shape index (κ1) is 8.95. The highest BCUT2D eigenvalue weighted by Gasteiger charge is 2.11. The summed E-state index contributed by atoms with van der Waals surface area (Å²) in [7, 11) is 1.77. The zero-order valence-corrected chi connectivity index (χ0v) is 8.69. The molecule has 0 aliphatic carbocycles. The predicted octanol–water partition coefficient (Wildman–Crippen LogP) is 3.12. The Hall–Kier alpha value is -0.630. The molecule has 0 N–H and O–H groups in total. The Bertz CT molecular complexity index is 272. The highest BCUT2D eigenvalue weighted by molar-refractivity contribution is 7.99. The second-order valence-corrected chi connectivity index (χ2v) is 4.39. The van der Waals surface area contributed by atoms with Crippen LogP contribution in [0.5, 0.6) is 5.75 Å². The van der Waals surface area contributed by atoms with Crippen molar-refractivity contribution in [3.63, 3.8) is 0 Å². The maximum absolute atomic E-state index is 5.43. The quantitative estimate of drug-likeness (QED) is 0.679. The van der Waals surface area contributed by atoms with Crippen LogP contribution in [0.25, 0.3) is 0 Å². The third-order valence-electron chi connectivity index (χ3n) is 2.36. The molecule has 0 amide bonds. The fraction of sp³-hybridized carbons (Fsp3) is 0.455. The molecule has 2 heteroatoms. The molecule has 0 saturated heterocycles. The van der Waals surface area contributed by atoms with E-state index in [1.807, 2.05) is 11.8 Å². The molecule has 13 heavy (non-hydrogen) atoms. The molecule has 0 radical (unpaired) electrons. The smallest absolute Gasteiger partial charge is 0.135 e. The second kappa shape index (κ2) is 4.05. The van der Waals surface area contributed by atoms with Gasteiger partial charge < -0.3 is 4.74 Å². The fourth-order valence-corrected chi connectivity index (χ4v) is 2.79. The normalized spacial score (nSPS) is 16.1. The van der Waals surface area contributed by atoms with Crippen LogP contribution in [0.2, 0.25) is 0 Å². The Morgan fingerprint density at radius 3 is 3.08 bits per heavy atom. The lowest BCUT2D eigenvalue weighted by Crippen LogP contribution is -1.98. The van der Waals surface area contributed by atoms with Gasteiger partial charge in [0.1, 0.15) is 5.75 Å². The van der Waals surface area contributed by atoms with Gasteiger partial charge >= 0.3 is 0 Å². The van der Waals surface area contributed by atoms with Crippen molar-refractivity contribution in [1.29, 1.82) is 0 Å². The van der Waals surface area contributed by atoms with E-state index in [1.165, 1.54) is 29.1 Å². The number of aryl methyl sites for hydroxylation is 1. The minimum Gasteiger partial charge on any atom is -0.495 e. The van der Waals surface area contributed by atoms with Gasteiger partial charge in [-0.05, 0) is 36.6 Å². The summed E-state index contributed by atoms with van der Waals surface area (Å²) < 4.78 is 5.43. The molecule has 0 spiro atoms. The van der Waals surface area contributed by atoms with Crippen molar-refractivity contribution >= 4 is 11.8 Å². The summed E-state index contributed by atoms with van der Waals surface area (Å²) >= 11 is 1.91. The highest BCUT2D eigenvalue weighted by atomic mass is 32.2. The van der Waals surface area contributed by atoms with Crippen LogP contribution < -0.4 is 4.74 Å². The van der Waals surface area contributed by atoms with E-state index in [4.69, 9.17) is 4.74 Å². The number of methoxy groups -OCH3 is 1. The average Bonchev–Trinajstić information content (AvgIpc) is 2.16. The van der Waals surface area contributed by atoms with E-state index >= 15 is 0 Å². The van der Waals surface area contributed by atoms with Gasteiger partial charge in [0, 0.05) is 4.90 Å². The minimum absolute atomic E-state index is 1.10. The lowest BCUT2D eigenvalue weighted by Gasteiger charge is -2.15. The number of thioether (sulfide) groups is 1. The number of hydrogen-bond acceptors (Lipinski definition) is 2. The van der Waals surface area contributed by atoms with Crippen molar-refractivity contribution in [1.82, 2.24) is 0 Å². The molecule has 2 bridgehead atoms. The van der Waals surface area contributed by atoms with Gasteiger partial charge in [0.25, 0.3) is 0 Å². The van der Waals surface area contributed by atoms with E-state index in [0.717, 1.165) is 12.2 Å². The number of ether oxygens (including phenoxy) is 1. The van der Waals surface area contributed by atoms with E-state index in [0.29, 0.717) is 0 Å². The SMILES string of the molecule is COc1c2cccc1SCCCC2. The van der Waals surface area contributed by atoms with E-state index < -0.39 is 0 Å². The zero-order valence-electron chi connectivity index (χ0n) is 7.88. The second-order valence-electron chi connectivity index (χ2n) is 3.25. The van der Waals surface area contributed by atoms with Crippen molar-refractivity contribution in [2.45, 2.75) is 24.2 Å². The summed E-state index contributed by atoms with van der Waals surface area (Å²) in [6.45, 7) is 0. The van der Waals surface area contributed by atoms with Gasteiger partial charge in [0.15, 0.2) is 0 Å². The van der Waals surface area contributed by atoms with E-state index in [-0.39, 0.29) is 0 Å². The maximum atomic E-state index is 5.43. The van der Waals surface area contributed by atoms with E-state index in [1.54, 1.807) is 7.11 Å². The maximum Gasteiger partial charge on any atom is 0.135 e. The van der Waals surface area contributed by atoms with Crippen molar-refractivity contribution in [3.05, 3.63) is 23.8 Å². The molecule has 1 nitrogen and oxygen atoms in total. The van der Waals surface area contributed by atoms with Crippen molar-refractivity contribution in [3.8, 4) is 5.75 Å². The summed E-state index contributed by atoms with van der Waals surface area (Å²) in [5.74, 6) is 2.33. The van der Waals surface area contributed by atoms with Crippen LogP contribution in [0.1, 0.15) is 18.4 Å². The first-order valence-corrected chi connectivity index (χ1v) is 5.69. The van der Waals surface area contributed by atoms with Crippen molar-refractivity contribution < 1.29 is 4.74 Å². The Labute approximate surface area is 83.5 Å². The van der Waals surface area contributed by atoms with Crippen LogP contribution in [0.3, 0.4) is 0 Å². The molecule has 0 atom stereocenters. The monoisotopic (exact) mass is 194 g/mol. The molecule has 0 unspecified atom stereocenters. The highest BCUT2D eigenvalue weighted by Crippen LogP contribution is 2.35. The number of rotatable bonds is 1. The van der Waals surface area contributed by atoms with Crippen molar-refractivity contribution in [2.24, 2.45) is 0 Å². The molecule has 1 aliphatic rings. The van der Waals surface area contributed by atoms with Crippen LogP contribution in [0.15, 0.2) is 23.1 Å². The number of benzene rings is 1. The largest absolute Gasteiger partial charge is 0.495 e. The lowest BCUT2D eigenvalue weighted by atomic mass is 10.1. The summed E-state index contributed by atoms with van der Waals surface area (Å²) in [4.78, 5) is 1.31. The average molecular weight is 194 g/mol. The van der Waals surface area contributed by atoms with E-state index in [2.05, 4.69) is 18.2 Å². The standard InChI is InChI=1S/C11H14OS/c1-12-11-9-5-2-3-8-13-10(11)7-4-6-9/h4,6-7H,2-3,5,8H2,1H3. The molecule has 0 fully saturated rings. The Kier molecular flexibility index (Phi) is 2.79. The molecule has 0 aromatic heterocycles. The lowest BCUT2D eigenvalue weighted by molar-refractivity contribution is 0.398. The summed E-state index contributed by atoms with van der Waals surface area (Å²) in [5.41, 5.74) is 1.37. The first-order chi connectivity index (χ1) is 6.42. The van der Waals surface area contributed by atoms with Gasteiger partial charge in [0.2, 0.25) is 0 Å². The molecular weight excluding hydrogens is 180 g/mol. The fourth-order valence-electron chi connectivity index (χ4n) is 1.70. The Morgan fingerprint density at radius 1 is 1.31 bits per heavy atom. The van der Waals surface area contributed by atoms with Gasteiger partial charge in [-0.15, -0.1) is 11.8 Å². The molecule has 1 aromatic rings. The van der Waals surface area contributed by atoms with E-state index in [9.17, 15) is 0 Å². The Balaban J connectivity index is 2.42. The molecule has 2 rings (SSSR count). The van der Waals surface area contributed by atoms with Gasteiger partial charge in [-0.25, -0.2) is 0 Å². The Morgan fingerprint density at radius 2 is 2.23 bits per heavy atom. The van der Waals surface area contributed by atoms with Crippen LogP contribution in [-0.2, 0) is 6.42 Å². The van der Waals surface area contributed by atoms with Crippen LogP contribution in [0.4, 0.5) is 0 Å². The number of hydrogen-bond donors (Lipinski definition) is 0. The van der Waals surface area contributed by atoms with Crippen LogP contribution in [0, 0.1) is 0 Å². The third kappa shape index (κ3) is 1.83. The topological polar surface area (TPSA) is 9.23 Å². The minimum atomic E-state index is 1.10. The third-order valence-corrected chi connectivity index (χ3v) is 3.49. The number of para-hydroxylation sites is 1. The zero-order chi connectivity index (χ0) is 9.10. The molecule has 1 heterocycles.